The van der Waals surface area contributed by atoms with Crippen LogP contribution in [0.25, 0.3) is 0 Å². The molecule has 28 nitrogen and oxygen atoms in total. The van der Waals surface area contributed by atoms with Gasteiger partial charge >= 0.3 is 0 Å². The van der Waals surface area contributed by atoms with Crippen LogP contribution in [0.15, 0.2) is 23.3 Å². The third kappa shape index (κ3) is 16.1. The number of allylic oxidation sites excluding steroid dienone is 3. The van der Waals surface area contributed by atoms with Gasteiger partial charge in [0, 0.05) is 0 Å². The van der Waals surface area contributed by atoms with E-state index in [1.165, 1.54) is 13.8 Å². The second-order valence-corrected chi connectivity index (χ2v) is 21.0. The van der Waals surface area contributed by atoms with Crippen molar-refractivity contribution in [2.45, 2.75) is 239 Å². The lowest BCUT2D eigenvalue weighted by Crippen LogP contribution is -2.66. The zero-order chi connectivity index (χ0) is 56.6. The maximum absolute atomic E-state index is 11.3. The fourth-order valence-corrected chi connectivity index (χ4v) is 9.73. The smallest absolute Gasteiger partial charge is 0.187 e. The lowest BCUT2D eigenvalue weighted by molar-refractivity contribution is -0.386. The molecule has 0 aromatic rings. The summed E-state index contributed by atoms with van der Waals surface area (Å²) >= 11 is 0. The fourth-order valence-electron chi connectivity index (χ4n) is 9.73. The van der Waals surface area contributed by atoms with Crippen LogP contribution in [0.2, 0.25) is 0 Å². The van der Waals surface area contributed by atoms with Crippen LogP contribution >= 0.6 is 0 Å². The summed E-state index contributed by atoms with van der Waals surface area (Å²) in [5.74, 6) is -0.0991. The van der Waals surface area contributed by atoms with Gasteiger partial charge in [0.25, 0.3) is 0 Å². The molecule has 0 spiro atoms. The molecule has 0 radical (unpaired) electrons. The number of rotatable bonds is 23. The second-order valence-electron chi connectivity index (χ2n) is 21.0. The first-order valence-corrected chi connectivity index (χ1v) is 26.2. The zero-order valence-electron chi connectivity index (χ0n) is 43.7. The molecule has 0 saturated carbocycles. The quantitative estimate of drug-likeness (QED) is 0.0423. The van der Waals surface area contributed by atoms with Gasteiger partial charge in [0.1, 0.15) is 122 Å². The van der Waals surface area contributed by atoms with Crippen LogP contribution in [0, 0.1) is 5.92 Å². The van der Waals surface area contributed by atoms with Crippen molar-refractivity contribution >= 4 is 0 Å². The number of aliphatic hydroxyl groups is 16. The normalized spacial score (nSPS) is 47.0. The van der Waals surface area contributed by atoms with E-state index in [-0.39, 0.29) is 19.1 Å². The summed E-state index contributed by atoms with van der Waals surface area (Å²) in [6, 6.07) is 0. The van der Waals surface area contributed by atoms with Gasteiger partial charge in [0.05, 0.1) is 51.8 Å². The summed E-state index contributed by atoms with van der Waals surface area (Å²) in [5.41, 5.74) is 2.01. The van der Waals surface area contributed by atoms with E-state index in [9.17, 15) is 81.7 Å². The van der Waals surface area contributed by atoms with E-state index in [1.807, 2.05) is 20.8 Å². The molecule has 6 rings (SSSR count). The van der Waals surface area contributed by atoms with Crippen LogP contribution in [-0.4, -0.2) is 293 Å². The molecule has 0 aliphatic carbocycles. The number of hydrogen-bond acceptors (Lipinski definition) is 28. The van der Waals surface area contributed by atoms with Gasteiger partial charge in [-0.3, -0.25) is 0 Å². The number of hydrogen-bond donors (Lipinski definition) is 16. The molecule has 0 amide bonds. The summed E-state index contributed by atoms with van der Waals surface area (Å²) in [7, 11) is 0. The maximum Gasteiger partial charge on any atom is 0.187 e. The first-order valence-electron chi connectivity index (χ1n) is 26.2. The zero-order valence-corrected chi connectivity index (χ0v) is 43.7. The predicted molar refractivity (Wildman–Crippen MR) is 255 cm³/mol. The molecule has 6 aliphatic rings. The molecule has 6 fully saturated rings. The Labute approximate surface area is 445 Å². The van der Waals surface area contributed by atoms with Gasteiger partial charge in [-0.05, 0) is 65.7 Å². The van der Waals surface area contributed by atoms with Crippen LogP contribution in [0.5, 0.6) is 0 Å². The third-order valence-corrected chi connectivity index (χ3v) is 14.8. The van der Waals surface area contributed by atoms with E-state index in [4.69, 9.17) is 56.8 Å². The Bertz CT molecular complexity index is 1820. The minimum atomic E-state index is -1.79. The maximum atomic E-state index is 11.3. The van der Waals surface area contributed by atoms with Crippen LogP contribution in [0.1, 0.15) is 66.7 Å². The summed E-state index contributed by atoms with van der Waals surface area (Å²) in [5, 5.41) is 168. The highest BCUT2D eigenvalue weighted by Crippen LogP contribution is 2.36. The Morgan fingerprint density at radius 2 is 0.883 bits per heavy atom. The van der Waals surface area contributed by atoms with Crippen molar-refractivity contribution < 1.29 is 139 Å². The summed E-state index contributed by atoms with van der Waals surface area (Å²) in [6.07, 6.45) is -35.9. The average Bonchev–Trinajstić information content (AvgIpc) is 3.41. The molecule has 0 aromatic carbocycles. The third-order valence-electron chi connectivity index (χ3n) is 14.8. The van der Waals surface area contributed by atoms with Crippen molar-refractivity contribution in [2.75, 3.05) is 39.6 Å². The topological polar surface area (TPSA) is 434 Å². The predicted octanol–water partition coefficient (Wildman–Crippen LogP) is -6.27. The SMILES string of the molecule is C/C(=C\CO[C@@H]1O[C@H](CO)[C@@H](O)[C@H](O[C@@H]2OC[C@H](O)[C@H](O)[C@H]2O)[C@H]1O[C@@H]1O[C@@H](C)[C@H](O)[C@@H](O)[C@H]1O)CC/C=C(\C)CCC[C@H](C)CO[C@@H]1O[C@H](CO)[C@@H](O)[C@H](O[C@@H]2OC[C@H](O)[C@H](O)[C@H]2O)[C@H]1O[C@@H]1O[C@@H](C)[C@H](O)[C@@H](O)[C@H]1O. The van der Waals surface area contributed by atoms with Crippen LogP contribution in [0.3, 0.4) is 0 Å². The van der Waals surface area contributed by atoms with Gasteiger partial charge in [0.15, 0.2) is 37.7 Å². The summed E-state index contributed by atoms with van der Waals surface area (Å²) in [4.78, 5) is 0. The molecule has 0 unspecified atom stereocenters. The molecule has 6 aliphatic heterocycles. The highest BCUT2D eigenvalue weighted by atomic mass is 16.8. The van der Waals surface area contributed by atoms with Crippen molar-refractivity contribution in [3.8, 4) is 0 Å². The van der Waals surface area contributed by atoms with E-state index in [1.54, 1.807) is 6.08 Å². The molecule has 0 bridgehead atoms. The molecule has 0 aromatic heterocycles. The van der Waals surface area contributed by atoms with Gasteiger partial charge in [-0.2, -0.15) is 0 Å². The molecule has 448 valence electrons. The standard InChI is InChI=1S/C49H84O28/c1-19(9-7-11-21(3)16-67-49-43(77-47-39(65)35(61)29(55)23(5)71-47)41(33(59)27(15-51)73-49)75-45-37(63)31(57)25(53)18-69-45)8-6-10-20(2)12-13-66-48-42(76-46-38(64)34(60)28(54)22(4)70-46)40(32(58)26(14-50)72-48)74-44-36(62)30(56)24(52)17-68-44/h8,12,21-65H,6-7,9-11,13-18H2,1-5H3/b19-8+,20-12+/t21-,22-,23-,24-,25-,26+,27+,28-,29-,30-,31-,32+,33+,34+,35+,36+,37+,38+,39+,40-,41-,42+,43+,44-,45-,46-,47-,48+,49+/m0/s1. The van der Waals surface area contributed by atoms with E-state index < -0.39 is 198 Å². The van der Waals surface area contributed by atoms with E-state index in [0.717, 1.165) is 24.0 Å². The fraction of sp³-hybridized carbons (Fsp3) is 0.918. The molecule has 29 atom stereocenters. The Hall–Kier alpha value is -1.64. The Morgan fingerprint density at radius 3 is 1.34 bits per heavy atom. The Kier molecular flexibility index (Phi) is 24.8. The average molecular weight is 1120 g/mol. The molecular weight excluding hydrogens is 1040 g/mol. The van der Waals surface area contributed by atoms with Gasteiger partial charge in [-0.1, -0.05) is 30.2 Å². The van der Waals surface area contributed by atoms with Gasteiger partial charge in [-0.25, -0.2) is 0 Å². The van der Waals surface area contributed by atoms with Crippen molar-refractivity contribution in [3.63, 3.8) is 0 Å². The largest absolute Gasteiger partial charge is 0.394 e. The molecule has 16 N–H and O–H groups in total. The van der Waals surface area contributed by atoms with Crippen LogP contribution in [0.4, 0.5) is 0 Å². The minimum Gasteiger partial charge on any atom is -0.394 e. The van der Waals surface area contributed by atoms with Crippen molar-refractivity contribution in [1.82, 2.24) is 0 Å². The first kappa shape index (κ1) is 64.5. The highest BCUT2D eigenvalue weighted by molar-refractivity contribution is 5.05. The number of aliphatic hydroxyl groups excluding tert-OH is 16. The monoisotopic (exact) mass is 1120 g/mol. The van der Waals surface area contributed by atoms with Crippen LogP contribution < -0.4 is 0 Å². The van der Waals surface area contributed by atoms with Crippen molar-refractivity contribution in [1.29, 1.82) is 0 Å². The molecular formula is C49H84O28. The van der Waals surface area contributed by atoms with Gasteiger partial charge in [-0.15, -0.1) is 0 Å². The lowest BCUT2D eigenvalue weighted by Gasteiger charge is -2.48. The van der Waals surface area contributed by atoms with Crippen molar-refractivity contribution in [3.05, 3.63) is 23.3 Å². The summed E-state index contributed by atoms with van der Waals surface area (Å²) in [6.45, 7) is 6.31. The molecule has 28 heteroatoms. The van der Waals surface area contributed by atoms with E-state index in [2.05, 4.69) is 6.08 Å². The second kappa shape index (κ2) is 29.6. The lowest BCUT2D eigenvalue weighted by atomic mass is 9.96. The summed E-state index contributed by atoms with van der Waals surface area (Å²) < 4.78 is 70.2. The molecule has 6 heterocycles. The molecule has 77 heavy (non-hydrogen) atoms. The highest BCUT2D eigenvalue weighted by Gasteiger charge is 2.56. The first-order chi connectivity index (χ1) is 36.5. The minimum absolute atomic E-state index is 0.0588. The Morgan fingerprint density at radius 1 is 0.468 bits per heavy atom. The molecule has 6 saturated heterocycles. The van der Waals surface area contributed by atoms with Gasteiger partial charge < -0.3 is 139 Å². The van der Waals surface area contributed by atoms with Crippen molar-refractivity contribution in [2.24, 2.45) is 5.92 Å². The number of ether oxygens (including phenoxy) is 12. The van der Waals surface area contributed by atoms with E-state index in [0.29, 0.717) is 19.3 Å². The van der Waals surface area contributed by atoms with Gasteiger partial charge in [0.2, 0.25) is 0 Å². The van der Waals surface area contributed by atoms with E-state index >= 15 is 0 Å². The van der Waals surface area contributed by atoms with Crippen LogP contribution in [-0.2, 0) is 56.8 Å². The Balaban J connectivity index is 1.02.